The first kappa shape index (κ1) is 41.2. The van der Waals surface area contributed by atoms with Gasteiger partial charge in [0.1, 0.15) is 29.6 Å². The molecule has 5 aliphatic rings. The zero-order chi connectivity index (χ0) is 42.0. The fraction of sp³-hybridized carbons (Fsp3) is 0.565. The van der Waals surface area contributed by atoms with E-state index in [1.165, 1.54) is 24.2 Å². The number of hydrogen-bond donors (Lipinski definition) is 3. The third-order valence-corrected chi connectivity index (χ3v) is 13.8. The van der Waals surface area contributed by atoms with E-state index in [2.05, 4.69) is 66.1 Å². The fourth-order valence-electron chi connectivity index (χ4n) is 10.3. The standard InChI is InChI=1S/C46H60N10O5/c1-3-4-5-23-61-33-9-10-36-35(24-33)43(51-50-36)37-25-40(48-29-47-37)55-22-21-54(30(2)26-55)28-32-13-17-52(18-14-32)27-31-15-19-53(20-16-31)38-8-6-7-34-42(38)46(60)56(45(34)59)39-11-12-41(57)49-44(39)58/h6-10,24-25,29-32,39,45,59H,3-5,11-23,26-28H2,1-2H3,(H,50,51)(H,49,57,58)/t30-,39?,45?/m0/s1. The largest absolute Gasteiger partial charge is 0.494 e. The number of nitrogens with one attached hydrogen (secondary N) is 2. The molecule has 15 heteroatoms. The number of H-pyrrole nitrogens is 1. The van der Waals surface area contributed by atoms with E-state index in [1.54, 1.807) is 12.4 Å². The van der Waals surface area contributed by atoms with Crippen molar-refractivity contribution in [3.05, 3.63) is 59.9 Å². The summed E-state index contributed by atoms with van der Waals surface area (Å²) in [5.74, 6) is 1.87. The fourth-order valence-corrected chi connectivity index (χ4v) is 10.3. The van der Waals surface area contributed by atoms with Gasteiger partial charge in [-0.15, -0.1) is 0 Å². The van der Waals surface area contributed by atoms with Gasteiger partial charge in [-0.05, 0) is 94.6 Å². The van der Waals surface area contributed by atoms with Crippen LogP contribution in [-0.4, -0.2) is 135 Å². The Hall–Kier alpha value is -5.12. The van der Waals surface area contributed by atoms with Crippen molar-refractivity contribution in [1.29, 1.82) is 0 Å². The molecule has 9 rings (SSSR count). The summed E-state index contributed by atoms with van der Waals surface area (Å²) in [6, 6.07) is 13.3. The molecule has 4 aromatic rings. The number of benzene rings is 2. The summed E-state index contributed by atoms with van der Waals surface area (Å²) in [4.78, 5) is 58.7. The highest BCUT2D eigenvalue weighted by Crippen LogP contribution is 2.41. The number of piperazine rings is 1. The monoisotopic (exact) mass is 832 g/mol. The molecule has 5 aliphatic heterocycles. The van der Waals surface area contributed by atoms with Crippen LogP contribution in [0.3, 0.4) is 0 Å². The number of anilines is 2. The topological polar surface area (TPSA) is 163 Å². The van der Waals surface area contributed by atoms with Crippen LogP contribution in [0.5, 0.6) is 5.75 Å². The number of nitrogens with zero attached hydrogens (tertiary/aromatic N) is 8. The smallest absolute Gasteiger partial charge is 0.259 e. The predicted molar refractivity (Wildman–Crippen MR) is 233 cm³/mol. The highest BCUT2D eigenvalue weighted by Gasteiger charge is 2.46. The molecule has 0 aliphatic carbocycles. The molecule has 0 radical (unpaired) electrons. The lowest BCUT2D eigenvalue weighted by atomic mass is 9.91. The molecular weight excluding hydrogens is 773 g/mol. The lowest BCUT2D eigenvalue weighted by molar-refractivity contribution is -0.139. The molecule has 2 aromatic heterocycles. The summed E-state index contributed by atoms with van der Waals surface area (Å²) < 4.78 is 6.04. The number of piperidine rings is 3. The van der Waals surface area contributed by atoms with Crippen LogP contribution in [0.1, 0.15) is 93.8 Å². The van der Waals surface area contributed by atoms with Crippen molar-refractivity contribution in [3.63, 3.8) is 0 Å². The molecule has 2 aromatic carbocycles. The maximum absolute atomic E-state index is 13.7. The van der Waals surface area contributed by atoms with Crippen molar-refractivity contribution in [2.45, 2.75) is 89.9 Å². The van der Waals surface area contributed by atoms with E-state index in [4.69, 9.17) is 9.72 Å². The number of rotatable bonds is 13. The number of unbranched alkanes of at least 4 members (excludes halogenated alkanes) is 2. The zero-order valence-corrected chi connectivity index (χ0v) is 35.6. The van der Waals surface area contributed by atoms with Crippen molar-refractivity contribution in [2.24, 2.45) is 11.8 Å². The van der Waals surface area contributed by atoms with Gasteiger partial charge in [0.25, 0.3) is 5.91 Å². The van der Waals surface area contributed by atoms with E-state index >= 15 is 0 Å². The highest BCUT2D eigenvalue weighted by molar-refractivity contribution is 6.08. The first-order valence-corrected chi connectivity index (χ1v) is 22.6. The van der Waals surface area contributed by atoms with Crippen LogP contribution >= 0.6 is 0 Å². The number of amides is 3. The number of carbonyl (C=O) groups is 3. The number of carbonyl (C=O) groups excluding carboxylic acids is 3. The molecule has 3 amide bonds. The third-order valence-electron chi connectivity index (χ3n) is 13.8. The summed E-state index contributed by atoms with van der Waals surface area (Å²) in [6.07, 6.45) is 8.71. The molecule has 0 spiro atoms. The molecule has 7 heterocycles. The zero-order valence-electron chi connectivity index (χ0n) is 35.6. The summed E-state index contributed by atoms with van der Waals surface area (Å²) in [5, 5.41) is 22.3. The van der Waals surface area contributed by atoms with E-state index in [1.807, 2.05) is 24.3 Å². The van der Waals surface area contributed by atoms with E-state index < -0.39 is 18.2 Å². The van der Waals surface area contributed by atoms with Crippen LogP contribution in [-0.2, 0) is 9.59 Å². The van der Waals surface area contributed by atoms with Crippen LogP contribution in [0.25, 0.3) is 22.3 Å². The van der Waals surface area contributed by atoms with Gasteiger partial charge in [-0.3, -0.25) is 34.6 Å². The Bertz CT molecular complexity index is 2220. The Balaban J connectivity index is 0.731. The molecule has 0 saturated carbocycles. The SMILES string of the molecule is CCCCCOc1ccc2[nH]nc(-c3cc(N4CCN(CC5CCN(CC6CCN(c7cccc8c7C(=O)N(C7CCC(=O)NC7=O)C8O)CC6)CC5)[C@@H](C)C4)ncn3)c2c1. The average molecular weight is 833 g/mol. The first-order chi connectivity index (χ1) is 29.7. The van der Waals surface area contributed by atoms with Crippen LogP contribution in [0, 0.1) is 11.8 Å². The van der Waals surface area contributed by atoms with Gasteiger partial charge in [0.2, 0.25) is 11.8 Å². The number of aromatic amines is 1. The summed E-state index contributed by atoms with van der Waals surface area (Å²) in [6.45, 7) is 14.3. The normalized spacial score (nSPS) is 23.6. The molecule has 0 bridgehead atoms. The number of fused-ring (bicyclic) bond motifs is 2. The van der Waals surface area contributed by atoms with Gasteiger partial charge in [0.15, 0.2) is 6.23 Å². The van der Waals surface area contributed by atoms with E-state index in [0.29, 0.717) is 35.6 Å². The van der Waals surface area contributed by atoms with Gasteiger partial charge in [-0.25, -0.2) is 9.97 Å². The summed E-state index contributed by atoms with van der Waals surface area (Å²) >= 11 is 0. The van der Waals surface area contributed by atoms with Gasteiger partial charge in [0, 0.05) is 81.0 Å². The van der Waals surface area contributed by atoms with E-state index in [9.17, 15) is 19.5 Å². The maximum Gasteiger partial charge on any atom is 0.259 e. The van der Waals surface area contributed by atoms with Gasteiger partial charge >= 0.3 is 0 Å². The van der Waals surface area contributed by atoms with Crippen molar-refractivity contribution in [1.82, 2.24) is 40.2 Å². The van der Waals surface area contributed by atoms with E-state index in [0.717, 1.165) is 124 Å². The molecule has 4 fully saturated rings. The Labute approximate surface area is 357 Å². The third kappa shape index (κ3) is 8.69. The molecule has 3 N–H and O–H groups in total. The minimum absolute atomic E-state index is 0.148. The van der Waals surface area contributed by atoms with Crippen LogP contribution in [0.15, 0.2) is 48.8 Å². The highest BCUT2D eigenvalue weighted by atomic mass is 16.5. The number of aliphatic hydroxyl groups excluding tert-OH is 1. The molecule has 61 heavy (non-hydrogen) atoms. The summed E-state index contributed by atoms with van der Waals surface area (Å²) in [5.41, 5.74) is 4.43. The molecule has 4 saturated heterocycles. The second kappa shape index (κ2) is 18.1. The Kier molecular flexibility index (Phi) is 12.2. The summed E-state index contributed by atoms with van der Waals surface area (Å²) in [7, 11) is 0. The number of aliphatic hydroxyl groups is 1. The van der Waals surface area contributed by atoms with Gasteiger partial charge in [-0.2, -0.15) is 5.10 Å². The Morgan fingerprint density at radius 1 is 0.869 bits per heavy atom. The van der Waals surface area contributed by atoms with Crippen molar-refractivity contribution >= 4 is 40.1 Å². The molecule has 2 unspecified atom stereocenters. The predicted octanol–water partition coefficient (Wildman–Crippen LogP) is 4.98. The first-order valence-electron chi connectivity index (χ1n) is 22.6. The Morgan fingerprint density at radius 2 is 1.67 bits per heavy atom. The Morgan fingerprint density at radius 3 is 2.46 bits per heavy atom. The number of hydrogen-bond acceptors (Lipinski definition) is 12. The lowest BCUT2D eigenvalue weighted by Gasteiger charge is -2.43. The molecule has 3 atom stereocenters. The van der Waals surface area contributed by atoms with Crippen LogP contribution in [0.4, 0.5) is 11.5 Å². The number of aromatic nitrogens is 4. The number of ether oxygens (including phenoxy) is 1. The van der Waals surface area contributed by atoms with Gasteiger partial charge in [-0.1, -0.05) is 31.9 Å². The van der Waals surface area contributed by atoms with Gasteiger partial charge in [0.05, 0.1) is 23.4 Å². The van der Waals surface area contributed by atoms with Crippen molar-refractivity contribution in [2.75, 3.05) is 75.3 Å². The lowest BCUT2D eigenvalue weighted by Crippen LogP contribution is -2.54. The van der Waals surface area contributed by atoms with Crippen LogP contribution < -0.4 is 19.9 Å². The molecule has 324 valence electrons. The minimum Gasteiger partial charge on any atom is -0.494 e. The number of likely N-dealkylation sites (tertiary alicyclic amines) is 1. The van der Waals surface area contributed by atoms with E-state index in [-0.39, 0.29) is 24.7 Å². The molecular formula is C46H60N10O5. The second-order valence-electron chi connectivity index (χ2n) is 17.9. The second-order valence-corrected chi connectivity index (χ2v) is 17.9. The van der Waals surface area contributed by atoms with Crippen LogP contribution in [0.2, 0.25) is 0 Å². The molecule has 15 nitrogen and oxygen atoms in total. The number of imide groups is 1. The quantitative estimate of drug-likeness (QED) is 0.123. The van der Waals surface area contributed by atoms with Crippen molar-refractivity contribution in [3.8, 4) is 17.1 Å². The van der Waals surface area contributed by atoms with Crippen molar-refractivity contribution < 1.29 is 24.2 Å². The average Bonchev–Trinajstić information content (AvgIpc) is 3.81. The minimum atomic E-state index is -1.21. The van der Waals surface area contributed by atoms with Gasteiger partial charge < -0.3 is 24.5 Å². The maximum atomic E-state index is 13.7.